The monoisotopic (exact) mass is 319 g/mol. The van der Waals surface area contributed by atoms with E-state index in [1.165, 1.54) is 22.3 Å². The van der Waals surface area contributed by atoms with Gasteiger partial charge in [-0.05, 0) is 43.6 Å². The maximum Gasteiger partial charge on any atom is 0.0601 e. The standard InChI is InChI=1S/C23H29N/c1-5-24(6-2)17-11-10-14-22(21-12-8-7-9-13-21)23-18-19(3)15-16-20(23)4/h7-9,12-13,15-16,18,22H,5-6,14,17H2,1-4H3. The van der Waals surface area contributed by atoms with E-state index in [1.807, 2.05) is 0 Å². The van der Waals surface area contributed by atoms with E-state index in [1.54, 1.807) is 0 Å². The van der Waals surface area contributed by atoms with Gasteiger partial charge in [0.2, 0.25) is 0 Å². The van der Waals surface area contributed by atoms with E-state index >= 15 is 0 Å². The number of aryl methyl sites for hydroxylation is 2. The summed E-state index contributed by atoms with van der Waals surface area (Å²) in [5.74, 6) is 7.15. The third-order valence-corrected chi connectivity index (χ3v) is 4.64. The Hall–Kier alpha value is -2.04. The highest BCUT2D eigenvalue weighted by Gasteiger charge is 2.15. The molecule has 0 bridgehead atoms. The van der Waals surface area contributed by atoms with Crippen molar-refractivity contribution in [3.05, 3.63) is 70.8 Å². The molecule has 0 amide bonds. The van der Waals surface area contributed by atoms with Crippen LogP contribution in [-0.4, -0.2) is 24.5 Å². The fourth-order valence-electron chi connectivity index (χ4n) is 3.02. The molecule has 0 heterocycles. The highest BCUT2D eigenvalue weighted by Crippen LogP contribution is 2.30. The highest BCUT2D eigenvalue weighted by atomic mass is 15.1. The van der Waals surface area contributed by atoms with E-state index in [2.05, 4.69) is 93.0 Å². The molecule has 0 spiro atoms. The largest absolute Gasteiger partial charge is 0.293 e. The SMILES string of the molecule is CCN(CC)CC#CCC(c1ccccc1)c1cc(C)ccc1C. The summed E-state index contributed by atoms with van der Waals surface area (Å²) in [5, 5.41) is 0. The Morgan fingerprint density at radius 1 is 0.917 bits per heavy atom. The first-order valence-corrected chi connectivity index (χ1v) is 8.95. The molecule has 0 saturated heterocycles. The molecule has 0 aliphatic heterocycles. The quantitative estimate of drug-likeness (QED) is 0.664. The first kappa shape index (κ1) is 18.3. The van der Waals surface area contributed by atoms with Crippen molar-refractivity contribution < 1.29 is 0 Å². The van der Waals surface area contributed by atoms with Gasteiger partial charge in [0.1, 0.15) is 0 Å². The zero-order valence-electron chi connectivity index (χ0n) is 15.5. The second-order valence-electron chi connectivity index (χ2n) is 6.34. The Kier molecular flexibility index (Phi) is 7.09. The van der Waals surface area contributed by atoms with Crippen LogP contribution in [0.4, 0.5) is 0 Å². The van der Waals surface area contributed by atoms with Crippen molar-refractivity contribution in [1.29, 1.82) is 0 Å². The molecule has 0 saturated carbocycles. The minimum Gasteiger partial charge on any atom is -0.293 e. The van der Waals surface area contributed by atoms with Crippen LogP contribution in [0.1, 0.15) is 48.4 Å². The van der Waals surface area contributed by atoms with Crippen molar-refractivity contribution in [3.8, 4) is 11.8 Å². The van der Waals surface area contributed by atoms with E-state index < -0.39 is 0 Å². The lowest BCUT2D eigenvalue weighted by Crippen LogP contribution is -2.22. The molecule has 2 aromatic rings. The van der Waals surface area contributed by atoms with Gasteiger partial charge < -0.3 is 0 Å². The fraction of sp³-hybridized carbons (Fsp3) is 0.391. The van der Waals surface area contributed by atoms with Gasteiger partial charge in [0, 0.05) is 12.3 Å². The normalized spacial score (nSPS) is 11.9. The van der Waals surface area contributed by atoms with Crippen LogP contribution in [0.25, 0.3) is 0 Å². The van der Waals surface area contributed by atoms with Gasteiger partial charge in [0.15, 0.2) is 0 Å². The van der Waals surface area contributed by atoms with Crippen molar-refractivity contribution in [2.75, 3.05) is 19.6 Å². The summed E-state index contributed by atoms with van der Waals surface area (Å²) in [6.07, 6.45) is 0.871. The van der Waals surface area contributed by atoms with Crippen LogP contribution in [-0.2, 0) is 0 Å². The molecule has 0 aliphatic carbocycles. The highest BCUT2D eigenvalue weighted by molar-refractivity contribution is 5.40. The van der Waals surface area contributed by atoms with Gasteiger partial charge in [-0.15, -0.1) is 5.92 Å². The van der Waals surface area contributed by atoms with Crippen LogP contribution in [0.5, 0.6) is 0 Å². The average Bonchev–Trinajstić information content (AvgIpc) is 2.61. The van der Waals surface area contributed by atoms with Crippen LogP contribution < -0.4 is 0 Å². The summed E-state index contributed by atoms with van der Waals surface area (Å²) in [6.45, 7) is 11.7. The van der Waals surface area contributed by atoms with Crippen LogP contribution in [0, 0.1) is 25.7 Å². The van der Waals surface area contributed by atoms with Crippen LogP contribution in [0.15, 0.2) is 48.5 Å². The molecule has 1 atom stereocenters. The average molecular weight is 319 g/mol. The van der Waals surface area contributed by atoms with Crippen molar-refractivity contribution in [1.82, 2.24) is 4.90 Å². The minimum atomic E-state index is 0.343. The lowest BCUT2D eigenvalue weighted by atomic mass is 9.85. The van der Waals surface area contributed by atoms with Gasteiger partial charge in [-0.3, -0.25) is 4.90 Å². The van der Waals surface area contributed by atoms with Gasteiger partial charge in [0.25, 0.3) is 0 Å². The van der Waals surface area contributed by atoms with Crippen molar-refractivity contribution >= 4 is 0 Å². The summed E-state index contributed by atoms with van der Waals surface area (Å²) in [4.78, 5) is 2.35. The van der Waals surface area contributed by atoms with Crippen LogP contribution >= 0.6 is 0 Å². The number of benzene rings is 2. The molecule has 0 aromatic heterocycles. The van der Waals surface area contributed by atoms with E-state index in [-0.39, 0.29) is 0 Å². The van der Waals surface area contributed by atoms with Gasteiger partial charge in [0.05, 0.1) is 6.54 Å². The molecule has 24 heavy (non-hydrogen) atoms. The maximum absolute atomic E-state index is 3.44. The summed E-state index contributed by atoms with van der Waals surface area (Å²) in [7, 11) is 0. The summed E-state index contributed by atoms with van der Waals surface area (Å²) in [5.41, 5.74) is 5.41. The van der Waals surface area contributed by atoms with Crippen LogP contribution in [0.3, 0.4) is 0 Å². The summed E-state index contributed by atoms with van der Waals surface area (Å²) < 4.78 is 0. The van der Waals surface area contributed by atoms with Gasteiger partial charge in [-0.2, -0.15) is 0 Å². The second-order valence-corrected chi connectivity index (χ2v) is 6.34. The fourth-order valence-corrected chi connectivity index (χ4v) is 3.02. The van der Waals surface area contributed by atoms with Gasteiger partial charge in [-0.1, -0.05) is 73.9 Å². The molecule has 0 N–H and O–H groups in total. The lowest BCUT2D eigenvalue weighted by Gasteiger charge is -2.19. The summed E-state index contributed by atoms with van der Waals surface area (Å²) in [6, 6.07) is 17.5. The molecule has 0 fully saturated rings. The van der Waals surface area contributed by atoms with Crippen LogP contribution in [0.2, 0.25) is 0 Å². The first-order chi connectivity index (χ1) is 11.7. The number of nitrogens with zero attached hydrogens (tertiary/aromatic N) is 1. The zero-order valence-corrected chi connectivity index (χ0v) is 15.5. The second kappa shape index (κ2) is 9.30. The predicted molar refractivity (Wildman–Crippen MR) is 104 cm³/mol. The number of hydrogen-bond donors (Lipinski definition) is 0. The molecule has 1 heteroatoms. The number of hydrogen-bond acceptors (Lipinski definition) is 1. The number of rotatable bonds is 6. The van der Waals surface area contributed by atoms with Crippen molar-refractivity contribution in [3.63, 3.8) is 0 Å². The molecule has 1 unspecified atom stereocenters. The van der Waals surface area contributed by atoms with Crippen molar-refractivity contribution in [2.24, 2.45) is 0 Å². The molecule has 2 aromatic carbocycles. The van der Waals surface area contributed by atoms with E-state index in [4.69, 9.17) is 0 Å². The van der Waals surface area contributed by atoms with Gasteiger partial charge in [-0.25, -0.2) is 0 Å². The Morgan fingerprint density at radius 2 is 1.62 bits per heavy atom. The Labute approximate surface area is 147 Å². The molecule has 1 nitrogen and oxygen atoms in total. The lowest BCUT2D eigenvalue weighted by molar-refractivity contribution is 0.342. The Morgan fingerprint density at radius 3 is 2.29 bits per heavy atom. The third-order valence-electron chi connectivity index (χ3n) is 4.64. The van der Waals surface area contributed by atoms with E-state index in [0.29, 0.717) is 5.92 Å². The molecular weight excluding hydrogens is 290 g/mol. The maximum atomic E-state index is 3.44. The van der Waals surface area contributed by atoms with E-state index in [0.717, 1.165) is 26.1 Å². The third kappa shape index (κ3) is 4.98. The molecule has 126 valence electrons. The molecule has 0 aliphatic rings. The molecule has 0 radical (unpaired) electrons. The molecular formula is C23H29N. The Bertz CT molecular complexity index is 687. The zero-order chi connectivity index (χ0) is 17.4. The molecule has 2 rings (SSSR count). The van der Waals surface area contributed by atoms with E-state index in [9.17, 15) is 0 Å². The predicted octanol–water partition coefficient (Wildman–Crippen LogP) is 5.17. The Balaban J connectivity index is 2.25. The summed E-state index contributed by atoms with van der Waals surface area (Å²) >= 11 is 0. The van der Waals surface area contributed by atoms with Gasteiger partial charge >= 0.3 is 0 Å². The smallest absolute Gasteiger partial charge is 0.0601 e. The topological polar surface area (TPSA) is 3.24 Å². The van der Waals surface area contributed by atoms with Crippen molar-refractivity contribution in [2.45, 2.75) is 40.0 Å². The minimum absolute atomic E-state index is 0.343. The first-order valence-electron chi connectivity index (χ1n) is 8.95.